The molecule has 42 heavy (non-hydrogen) atoms. The molecule has 1 unspecified atom stereocenters. The molecule has 2 atom stereocenters. The number of benzene rings is 2. The van der Waals surface area contributed by atoms with Crippen LogP contribution < -0.4 is 4.74 Å². The van der Waals surface area contributed by atoms with Crippen LogP contribution in [-0.4, -0.2) is 75.7 Å². The van der Waals surface area contributed by atoms with E-state index in [0.717, 1.165) is 65.7 Å². The van der Waals surface area contributed by atoms with Gasteiger partial charge in [0.2, 0.25) is 5.91 Å². The summed E-state index contributed by atoms with van der Waals surface area (Å²) in [5.41, 5.74) is 3.58. The van der Waals surface area contributed by atoms with Crippen molar-refractivity contribution in [1.29, 1.82) is 0 Å². The van der Waals surface area contributed by atoms with Crippen molar-refractivity contribution < 1.29 is 29.0 Å². The predicted octanol–water partition coefficient (Wildman–Crippen LogP) is 5.24. The Kier molecular flexibility index (Phi) is 8.44. The standard InChI is InChI=1S/C33H41N3O6/c1-21-17-29(41-5)26(25-13-16-36(31(21)25)32(40)42-33(2,3)4)19-34-15-12-24(35-14-6-7-30(35)39)18-27(34)22-8-10-23(11-9-22)28(38)20-37/h8-11,13,16-17,24,27,37H,6-7,12,14-15,18-20H2,1-5H3/t24-,27?/m0/s1. The number of carbonyl (C=O) groups is 3. The van der Waals surface area contributed by atoms with E-state index in [1.165, 1.54) is 0 Å². The number of amides is 1. The molecule has 0 radical (unpaired) electrons. The maximum absolute atomic E-state index is 13.1. The highest BCUT2D eigenvalue weighted by molar-refractivity contribution is 5.97. The number of aromatic nitrogens is 1. The average Bonchev–Trinajstić information content (AvgIpc) is 3.60. The van der Waals surface area contributed by atoms with Gasteiger partial charge in [-0.1, -0.05) is 24.3 Å². The van der Waals surface area contributed by atoms with Crippen molar-refractivity contribution in [3.63, 3.8) is 0 Å². The molecule has 1 amide bonds. The van der Waals surface area contributed by atoms with Crippen LogP contribution in [0.2, 0.25) is 0 Å². The van der Waals surface area contributed by atoms with Crippen LogP contribution in [0.15, 0.2) is 42.6 Å². The minimum absolute atomic E-state index is 0.00979. The second kappa shape index (κ2) is 11.9. The van der Waals surface area contributed by atoms with E-state index in [0.29, 0.717) is 18.5 Å². The van der Waals surface area contributed by atoms with E-state index >= 15 is 0 Å². The zero-order valence-electron chi connectivity index (χ0n) is 25.2. The molecule has 1 N–H and O–H groups in total. The van der Waals surface area contributed by atoms with Gasteiger partial charge in [-0.25, -0.2) is 4.79 Å². The Morgan fingerprint density at radius 2 is 1.83 bits per heavy atom. The summed E-state index contributed by atoms with van der Waals surface area (Å²) in [5, 5.41) is 10.2. The number of carbonyl (C=O) groups excluding carboxylic acids is 3. The first-order valence-corrected chi connectivity index (χ1v) is 14.7. The second-order valence-electron chi connectivity index (χ2n) is 12.4. The van der Waals surface area contributed by atoms with E-state index in [1.807, 2.05) is 56.9 Å². The third-order valence-corrected chi connectivity index (χ3v) is 8.40. The maximum atomic E-state index is 13.1. The van der Waals surface area contributed by atoms with E-state index in [-0.39, 0.29) is 23.8 Å². The molecule has 1 aromatic heterocycles. The number of Topliss-reactive ketones (excluding diaryl/α,β-unsaturated/α-hetero) is 1. The summed E-state index contributed by atoms with van der Waals surface area (Å²) in [6, 6.07) is 11.5. The van der Waals surface area contributed by atoms with Crippen molar-refractivity contribution >= 4 is 28.7 Å². The molecule has 3 aromatic rings. The molecular weight excluding hydrogens is 534 g/mol. The summed E-state index contributed by atoms with van der Waals surface area (Å²) < 4.78 is 13.1. The lowest BCUT2D eigenvalue weighted by molar-refractivity contribution is -0.131. The largest absolute Gasteiger partial charge is 0.496 e. The molecule has 9 heteroatoms. The Labute approximate surface area is 247 Å². The predicted molar refractivity (Wildman–Crippen MR) is 160 cm³/mol. The molecule has 0 saturated carbocycles. The number of piperidine rings is 1. The number of fused-ring (bicyclic) bond motifs is 1. The number of ether oxygens (including phenoxy) is 2. The number of aryl methyl sites for hydroxylation is 1. The molecule has 9 nitrogen and oxygen atoms in total. The van der Waals surface area contributed by atoms with Gasteiger partial charge >= 0.3 is 6.09 Å². The highest BCUT2D eigenvalue weighted by Gasteiger charge is 2.37. The fourth-order valence-corrected chi connectivity index (χ4v) is 6.43. The van der Waals surface area contributed by atoms with E-state index < -0.39 is 18.3 Å². The summed E-state index contributed by atoms with van der Waals surface area (Å²) in [6.45, 7) is 9.12. The Hall–Kier alpha value is -3.69. The van der Waals surface area contributed by atoms with Crippen molar-refractivity contribution in [2.24, 2.45) is 0 Å². The molecule has 2 aliphatic heterocycles. The van der Waals surface area contributed by atoms with Gasteiger partial charge in [-0.2, -0.15) is 0 Å². The Morgan fingerprint density at radius 1 is 1.10 bits per heavy atom. The van der Waals surface area contributed by atoms with Crippen molar-refractivity contribution in [3.05, 3.63) is 64.8 Å². The zero-order chi connectivity index (χ0) is 30.2. The smallest absolute Gasteiger partial charge is 0.419 e. The first kappa shape index (κ1) is 29.8. The van der Waals surface area contributed by atoms with Crippen LogP contribution in [0.25, 0.3) is 10.9 Å². The average molecular weight is 576 g/mol. The zero-order valence-corrected chi connectivity index (χ0v) is 25.2. The highest BCUT2D eigenvalue weighted by atomic mass is 16.6. The van der Waals surface area contributed by atoms with Crippen molar-refractivity contribution in [3.8, 4) is 5.75 Å². The fourth-order valence-electron chi connectivity index (χ4n) is 6.43. The minimum atomic E-state index is -0.623. The number of likely N-dealkylation sites (tertiary alicyclic amines) is 2. The number of nitrogens with zero attached hydrogens (tertiary/aromatic N) is 3. The first-order valence-electron chi connectivity index (χ1n) is 14.7. The number of hydrogen-bond acceptors (Lipinski definition) is 7. The van der Waals surface area contributed by atoms with Gasteiger partial charge in [0.05, 0.1) is 12.6 Å². The SMILES string of the molecule is COc1cc(C)c2c(ccn2C(=O)OC(C)(C)C)c1CN1CC[C@H](N2CCCC2=O)CC1c1ccc(C(=O)CO)cc1. The quantitative estimate of drug-likeness (QED) is 0.384. The van der Waals surface area contributed by atoms with E-state index in [2.05, 4.69) is 4.90 Å². The van der Waals surface area contributed by atoms with Crippen LogP contribution >= 0.6 is 0 Å². The maximum Gasteiger partial charge on any atom is 0.419 e. The van der Waals surface area contributed by atoms with Gasteiger partial charge < -0.3 is 19.5 Å². The molecule has 2 aliphatic rings. The summed E-state index contributed by atoms with van der Waals surface area (Å²) in [4.78, 5) is 42.2. The van der Waals surface area contributed by atoms with E-state index in [1.54, 1.807) is 30.0 Å². The molecule has 2 aromatic carbocycles. The lowest BCUT2D eigenvalue weighted by Crippen LogP contribution is -2.46. The minimum Gasteiger partial charge on any atom is -0.496 e. The molecule has 2 saturated heterocycles. The van der Waals surface area contributed by atoms with Crippen LogP contribution in [0.3, 0.4) is 0 Å². The normalized spacial score (nSPS) is 19.9. The van der Waals surface area contributed by atoms with Crippen LogP contribution in [0.5, 0.6) is 5.75 Å². The van der Waals surface area contributed by atoms with E-state index in [9.17, 15) is 19.5 Å². The number of hydrogen-bond donors (Lipinski definition) is 1. The van der Waals surface area contributed by atoms with Crippen LogP contribution in [-0.2, 0) is 16.1 Å². The third kappa shape index (κ3) is 5.94. The molecule has 0 aliphatic carbocycles. The van der Waals surface area contributed by atoms with Gasteiger partial charge in [0.1, 0.15) is 18.0 Å². The van der Waals surface area contributed by atoms with Crippen molar-refractivity contribution in [2.75, 3.05) is 26.8 Å². The fraction of sp³-hybridized carbons (Fsp3) is 0.485. The van der Waals surface area contributed by atoms with Gasteiger partial charge in [-0.05, 0) is 70.2 Å². The molecule has 3 heterocycles. The summed E-state index contributed by atoms with van der Waals surface area (Å²) >= 11 is 0. The van der Waals surface area contributed by atoms with Gasteiger partial charge in [-0.3, -0.25) is 19.1 Å². The number of ketones is 1. The number of aliphatic hydroxyl groups is 1. The number of rotatable bonds is 7. The van der Waals surface area contributed by atoms with Crippen LogP contribution in [0.4, 0.5) is 4.79 Å². The molecular formula is C33H41N3O6. The topological polar surface area (TPSA) is 101 Å². The molecule has 2 fully saturated rings. The molecule has 5 rings (SSSR count). The van der Waals surface area contributed by atoms with Crippen molar-refractivity contribution in [1.82, 2.24) is 14.4 Å². The van der Waals surface area contributed by atoms with Crippen LogP contribution in [0.1, 0.15) is 79.5 Å². The third-order valence-electron chi connectivity index (χ3n) is 8.40. The highest BCUT2D eigenvalue weighted by Crippen LogP contribution is 2.39. The summed E-state index contributed by atoms with van der Waals surface area (Å²) in [6.07, 6.45) is 4.47. The van der Waals surface area contributed by atoms with E-state index in [4.69, 9.17) is 9.47 Å². The van der Waals surface area contributed by atoms with Gasteiger partial charge in [0.25, 0.3) is 0 Å². The lowest BCUT2D eigenvalue weighted by Gasteiger charge is -2.43. The second-order valence-corrected chi connectivity index (χ2v) is 12.4. The van der Waals surface area contributed by atoms with Gasteiger partial charge in [0.15, 0.2) is 5.78 Å². The Bertz CT molecular complexity index is 1490. The molecule has 0 bridgehead atoms. The monoisotopic (exact) mass is 575 g/mol. The molecule has 224 valence electrons. The summed E-state index contributed by atoms with van der Waals surface area (Å²) in [5.74, 6) is 0.659. The Morgan fingerprint density at radius 3 is 2.45 bits per heavy atom. The Balaban J connectivity index is 1.52. The number of methoxy groups -OCH3 is 1. The van der Waals surface area contributed by atoms with Gasteiger partial charge in [-0.15, -0.1) is 0 Å². The summed E-state index contributed by atoms with van der Waals surface area (Å²) in [7, 11) is 1.66. The van der Waals surface area contributed by atoms with Crippen LogP contribution in [0, 0.1) is 6.92 Å². The first-order chi connectivity index (χ1) is 20.0. The number of aliphatic hydroxyl groups excluding tert-OH is 1. The molecule has 0 spiro atoms. The van der Waals surface area contributed by atoms with Gasteiger partial charge in [0, 0.05) is 60.8 Å². The van der Waals surface area contributed by atoms with Crippen molar-refractivity contribution in [2.45, 2.75) is 77.6 Å². The lowest BCUT2D eigenvalue weighted by atomic mass is 9.89.